The fraction of sp³-hybridized carbons (Fsp3) is 0.263. The Hall–Kier alpha value is -5.28. The first-order valence-corrected chi connectivity index (χ1v) is 15.7. The minimum Gasteiger partial charge on any atom is -0.449 e. The minimum atomic E-state index is -1.32. The number of hydrogen-bond donors (Lipinski definition) is 4. The van der Waals surface area contributed by atoms with E-state index < -0.39 is 42.0 Å². The van der Waals surface area contributed by atoms with Gasteiger partial charge in [0.2, 0.25) is 11.8 Å². The van der Waals surface area contributed by atoms with E-state index in [1.54, 1.807) is 0 Å². The smallest absolute Gasteiger partial charge is 0.407 e. The Morgan fingerprint density at radius 3 is 1.79 bits per heavy atom. The van der Waals surface area contributed by atoms with E-state index in [1.165, 1.54) is 6.92 Å². The molecule has 4 atom stereocenters. The highest BCUT2D eigenvalue weighted by atomic mass is 16.5. The van der Waals surface area contributed by atoms with Gasteiger partial charge in [-0.3, -0.25) is 14.4 Å². The Kier molecular flexibility index (Phi) is 10.8. The lowest BCUT2D eigenvalue weighted by molar-refractivity contribution is -0.134. The molecule has 0 aliphatic heterocycles. The fourth-order valence-corrected chi connectivity index (χ4v) is 6.12. The lowest BCUT2D eigenvalue weighted by atomic mass is 9.89. The van der Waals surface area contributed by atoms with Crippen molar-refractivity contribution in [2.24, 2.45) is 11.7 Å². The van der Waals surface area contributed by atoms with E-state index in [-0.39, 0.29) is 37.6 Å². The number of rotatable bonds is 14. The molecule has 0 saturated carbocycles. The topological polar surface area (TPSA) is 148 Å². The number of benzene rings is 4. The molecule has 4 unspecified atom stereocenters. The van der Waals surface area contributed by atoms with Crippen LogP contribution >= 0.6 is 0 Å². The third-order valence-electron chi connectivity index (χ3n) is 8.54. The number of aliphatic hydroxyl groups excluding tert-OH is 1. The molecule has 4 aromatic rings. The number of carbonyl (C=O) groups excluding carboxylic acids is 4. The van der Waals surface area contributed by atoms with Crippen LogP contribution in [-0.4, -0.2) is 53.6 Å². The van der Waals surface area contributed by atoms with E-state index >= 15 is 0 Å². The van der Waals surface area contributed by atoms with Gasteiger partial charge in [-0.25, -0.2) is 4.79 Å². The maximum atomic E-state index is 13.9. The number of ketones is 1. The number of nitrogens with two attached hydrogens (primary N) is 1. The highest BCUT2D eigenvalue weighted by Gasteiger charge is 2.33. The number of nitrogens with one attached hydrogen (secondary N) is 2. The molecule has 3 amide bonds. The molecular formula is C38H39N3O6. The van der Waals surface area contributed by atoms with Crippen LogP contribution in [0.15, 0.2) is 109 Å². The van der Waals surface area contributed by atoms with E-state index in [1.807, 2.05) is 97.1 Å². The average Bonchev–Trinajstić information content (AvgIpc) is 3.39. The molecule has 5 rings (SSSR count). The molecule has 0 saturated heterocycles. The van der Waals surface area contributed by atoms with Gasteiger partial charge in [0, 0.05) is 18.3 Å². The van der Waals surface area contributed by atoms with Gasteiger partial charge in [0.1, 0.15) is 12.6 Å². The van der Waals surface area contributed by atoms with Gasteiger partial charge >= 0.3 is 6.09 Å². The van der Waals surface area contributed by atoms with Crippen LogP contribution in [0.3, 0.4) is 0 Å². The number of primary amides is 1. The number of ether oxygens (including phenoxy) is 1. The van der Waals surface area contributed by atoms with Crippen LogP contribution in [0.1, 0.15) is 41.5 Å². The molecule has 9 nitrogen and oxygen atoms in total. The van der Waals surface area contributed by atoms with Crippen LogP contribution in [0.5, 0.6) is 0 Å². The van der Waals surface area contributed by atoms with Crippen molar-refractivity contribution in [3.05, 3.63) is 131 Å². The fourth-order valence-electron chi connectivity index (χ4n) is 6.12. The lowest BCUT2D eigenvalue weighted by Gasteiger charge is -2.24. The van der Waals surface area contributed by atoms with E-state index in [2.05, 4.69) is 22.8 Å². The van der Waals surface area contributed by atoms with Crippen LogP contribution in [0.2, 0.25) is 0 Å². The summed E-state index contributed by atoms with van der Waals surface area (Å²) in [5.41, 5.74) is 11.4. The van der Waals surface area contributed by atoms with Crippen molar-refractivity contribution in [2.75, 3.05) is 6.61 Å². The van der Waals surface area contributed by atoms with Crippen molar-refractivity contribution < 1.29 is 29.0 Å². The maximum absolute atomic E-state index is 13.9. The zero-order valence-corrected chi connectivity index (χ0v) is 26.2. The Morgan fingerprint density at radius 1 is 0.745 bits per heavy atom. The van der Waals surface area contributed by atoms with Crippen LogP contribution in [-0.2, 0) is 32.0 Å². The van der Waals surface area contributed by atoms with Crippen LogP contribution in [0.25, 0.3) is 11.1 Å². The summed E-state index contributed by atoms with van der Waals surface area (Å²) >= 11 is 0. The van der Waals surface area contributed by atoms with Gasteiger partial charge in [-0.15, -0.1) is 0 Å². The molecule has 242 valence electrons. The number of alkyl carbamates (subject to hydrolysis) is 1. The Labute approximate surface area is 274 Å². The molecule has 1 aliphatic carbocycles. The Bertz CT molecular complexity index is 1660. The molecule has 4 aromatic carbocycles. The van der Waals surface area contributed by atoms with Gasteiger partial charge in [0.25, 0.3) is 0 Å². The van der Waals surface area contributed by atoms with Crippen molar-refractivity contribution in [1.29, 1.82) is 0 Å². The summed E-state index contributed by atoms with van der Waals surface area (Å²) < 4.78 is 5.75. The summed E-state index contributed by atoms with van der Waals surface area (Å²) in [6, 6.07) is 32.1. The van der Waals surface area contributed by atoms with Crippen molar-refractivity contribution in [3.63, 3.8) is 0 Å². The van der Waals surface area contributed by atoms with E-state index in [0.717, 1.165) is 33.4 Å². The first kappa shape index (κ1) is 33.1. The molecule has 0 bridgehead atoms. The number of carbonyl (C=O) groups is 4. The van der Waals surface area contributed by atoms with Crippen LogP contribution in [0.4, 0.5) is 4.79 Å². The molecule has 9 heteroatoms. The summed E-state index contributed by atoms with van der Waals surface area (Å²) in [6.45, 7) is 1.43. The molecule has 0 radical (unpaired) electrons. The van der Waals surface area contributed by atoms with Crippen molar-refractivity contribution >= 4 is 23.7 Å². The van der Waals surface area contributed by atoms with Gasteiger partial charge in [0.15, 0.2) is 5.78 Å². The Balaban J connectivity index is 1.33. The third kappa shape index (κ3) is 8.31. The summed E-state index contributed by atoms with van der Waals surface area (Å²) in [5, 5.41) is 15.3. The number of amides is 3. The second-order valence-electron chi connectivity index (χ2n) is 11.9. The van der Waals surface area contributed by atoms with E-state index in [4.69, 9.17) is 10.5 Å². The molecule has 0 heterocycles. The van der Waals surface area contributed by atoms with Gasteiger partial charge in [-0.2, -0.15) is 0 Å². The zero-order valence-electron chi connectivity index (χ0n) is 26.2. The quantitative estimate of drug-likeness (QED) is 0.163. The summed E-state index contributed by atoms with van der Waals surface area (Å²) in [4.78, 5) is 52.6. The largest absolute Gasteiger partial charge is 0.449 e. The average molecular weight is 634 g/mol. The minimum absolute atomic E-state index is 0.0823. The van der Waals surface area contributed by atoms with E-state index in [9.17, 15) is 24.3 Å². The number of hydrogen-bond acceptors (Lipinski definition) is 6. The van der Waals surface area contributed by atoms with Crippen LogP contribution in [0, 0.1) is 5.92 Å². The summed E-state index contributed by atoms with van der Waals surface area (Å²) in [7, 11) is 0. The molecule has 47 heavy (non-hydrogen) atoms. The van der Waals surface area contributed by atoms with Gasteiger partial charge in [-0.1, -0.05) is 109 Å². The molecule has 5 N–H and O–H groups in total. The highest BCUT2D eigenvalue weighted by Crippen LogP contribution is 2.44. The predicted molar refractivity (Wildman–Crippen MR) is 178 cm³/mol. The molecular weight excluding hydrogens is 594 g/mol. The monoisotopic (exact) mass is 633 g/mol. The SMILES string of the molecule is CC(O)C(NC(=O)C(CC(=O)C(Cc1ccccc1)NC(=O)OCC1c2ccccc2-c2ccccc21)Cc1ccccc1)C(N)=O. The molecule has 0 spiro atoms. The number of Topliss-reactive ketones (excluding diaryl/α,β-unsaturated/α-hetero) is 1. The van der Waals surface area contributed by atoms with Crippen LogP contribution < -0.4 is 16.4 Å². The summed E-state index contributed by atoms with van der Waals surface area (Å²) in [6.07, 6.45) is -1.85. The number of fused-ring (bicyclic) bond motifs is 3. The zero-order chi connectivity index (χ0) is 33.3. The predicted octanol–water partition coefficient (Wildman–Crippen LogP) is 4.31. The van der Waals surface area contributed by atoms with Crippen molar-refractivity contribution in [1.82, 2.24) is 10.6 Å². The molecule has 0 aromatic heterocycles. The van der Waals surface area contributed by atoms with Gasteiger partial charge < -0.3 is 26.2 Å². The van der Waals surface area contributed by atoms with E-state index in [0.29, 0.717) is 0 Å². The molecule has 0 fully saturated rings. The maximum Gasteiger partial charge on any atom is 0.407 e. The third-order valence-corrected chi connectivity index (χ3v) is 8.54. The highest BCUT2D eigenvalue weighted by molar-refractivity contribution is 5.93. The summed E-state index contributed by atoms with van der Waals surface area (Å²) in [5.74, 6) is -2.94. The van der Waals surface area contributed by atoms with Crippen molar-refractivity contribution in [3.8, 4) is 11.1 Å². The standard InChI is InChI=1S/C38H39N3O6/c1-24(42)35(36(39)44)41-37(45)27(20-25-12-4-2-5-13-25)22-34(43)33(21-26-14-6-3-7-15-26)40-38(46)47-23-32-30-18-10-8-16-28(30)29-17-9-11-19-31(29)32/h2-19,24,27,32-33,35,42H,20-23H2,1H3,(H2,39,44)(H,40,46)(H,41,45). The first-order chi connectivity index (χ1) is 22.7. The normalized spacial score (nSPS) is 14.5. The van der Waals surface area contributed by atoms with Crippen molar-refractivity contribution in [2.45, 2.75) is 50.3 Å². The Morgan fingerprint density at radius 2 is 1.26 bits per heavy atom. The van der Waals surface area contributed by atoms with Gasteiger partial charge in [0.05, 0.1) is 12.1 Å². The first-order valence-electron chi connectivity index (χ1n) is 15.7. The number of aliphatic hydroxyl groups is 1. The second kappa shape index (κ2) is 15.3. The lowest BCUT2D eigenvalue weighted by Crippen LogP contribution is -2.53. The van der Waals surface area contributed by atoms with Gasteiger partial charge in [-0.05, 0) is 53.1 Å². The second-order valence-corrected chi connectivity index (χ2v) is 11.9. The molecule has 1 aliphatic rings.